The molecule has 2 aliphatic rings. The third-order valence-electron chi connectivity index (χ3n) is 4.87. The summed E-state index contributed by atoms with van der Waals surface area (Å²) in [5, 5.41) is 0. The van der Waals surface area contributed by atoms with E-state index in [0.717, 1.165) is 24.9 Å². The van der Waals surface area contributed by atoms with Gasteiger partial charge in [-0.1, -0.05) is 18.2 Å². The second-order valence-corrected chi connectivity index (χ2v) is 8.16. The average Bonchev–Trinajstić information content (AvgIpc) is 2.88. The molecule has 2 heterocycles. The van der Waals surface area contributed by atoms with E-state index in [1.807, 2.05) is 43.9 Å². The van der Waals surface area contributed by atoms with E-state index in [1.165, 1.54) is 5.56 Å². The average molecular weight is 344 g/mol. The lowest BCUT2D eigenvalue weighted by Crippen LogP contribution is -2.49. The molecule has 2 atom stereocenters. The number of amides is 2. The summed E-state index contributed by atoms with van der Waals surface area (Å²) in [6, 6.07) is 8.27. The van der Waals surface area contributed by atoms with E-state index >= 15 is 0 Å². The third-order valence-corrected chi connectivity index (χ3v) is 4.87. The van der Waals surface area contributed by atoms with Crippen molar-refractivity contribution in [2.24, 2.45) is 5.92 Å². The number of likely N-dealkylation sites (tertiary alicyclic amines) is 1. The molecule has 0 radical (unpaired) electrons. The maximum Gasteiger partial charge on any atom is 0.410 e. The van der Waals surface area contributed by atoms with Crippen LogP contribution in [0.2, 0.25) is 0 Å². The Morgan fingerprint density at radius 2 is 1.92 bits per heavy atom. The number of piperidine rings is 1. The Kier molecular flexibility index (Phi) is 4.76. The molecule has 0 unspecified atom stereocenters. The lowest BCUT2D eigenvalue weighted by atomic mass is 9.96. The number of anilines is 1. The number of ether oxygens (including phenoxy) is 1. The molecule has 2 amide bonds. The number of fused-ring (bicyclic) bond motifs is 1. The van der Waals surface area contributed by atoms with Crippen molar-refractivity contribution in [3.63, 3.8) is 0 Å². The van der Waals surface area contributed by atoms with Crippen molar-refractivity contribution in [3.8, 4) is 0 Å². The molecular formula is C20H28N2O3. The Balaban J connectivity index is 1.71. The van der Waals surface area contributed by atoms with Crippen LogP contribution < -0.4 is 4.90 Å². The van der Waals surface area contributed by atoms with E-state index in [4.69, 9.17) is 4.74 Å². The van der Waals surface area contributed by atoms with Gasteiger partial charge in [-0.15, -0.1) is 0 Å². The largest absolute Gasteiger partial charge is 0.444 e. The molecule has 1 fully saturated rings. The summed E-state index contributed by atoms with van der Waals surface area (Å²) in [7, 11) is 0. The van der Waals surface area contributed by atoms with Gasteiger partial charge in [-0.25, -0.2) is 4.79 Å². The van der Waals surface area contributed by atoms with Gasteiger partial charge in [0.2, 0.25) is 5.91 Å². The summed E-state index contributed by atoms with van der Waals surface area (Å²) in [5.74, 6) is -0.0272. The van der Waals surface area contributed by atoms with Crippen molar-refractivity contribution in [1.29, 1.82) is 0 Å². The van der Waals surface area contributed by atoms with Crippen molar-refractivity contribution < 1.29 is 14.3 Å². The van der Waals surface area contributed by atoms with Crippen LogP contribution in [0.5, 0.6) is 0 Å². The molecule has 1 aromatic carbocycles. The Labute approximate surface area is 149 Å². The number of carbonyl (C=O) groups excluding carboxylic acids is 2. The van der Waals surface area contributed by atoms with Gasteiger partial charge in [-0.05, 0) is 58.6 Å². The summed E-state index contributed by atoms with van der Waals surface area (Å²) in [6.07, 6.45) is 2.23. The zero-order valence-corrected chi connectivity index (χ0v) is 15.6. The lowest BCUT2D eigenvalue weighted by molar-refractivity contribution is -0.124. The van der Waals surface area contributed by atoms with E-state index < -0.39 is 5.60 Å². The molecule has 0 aromatic heterocycles. The number of carbonyl (C=O) groups is 2. The fourth-order valence-corrected chi connectivity index (χ4v) is 3.77. The molecule has 0 saturated carbocycles. The molecule has 25 heavy (non-hydrogen) atoms. The van der Waals surface area contributed by atoms with Crippen LogP contribution in [-0.4, -0.2) is 41.6 Å². The van der Waals surface area contributed by atoms with Crippen LogP contribution in [0.15, 0.2) is 24.3 Å². The summed E-state index contributed by atoms with van der Waals surface area (Å²) in [6.45, 7) is 8.78. The van der Waals surface area contributed by atoms with Gasteiger partial charge in [0.25, 0.3) is 0 Å². The van der Waals surface area contributed by atoms with Gasteiger partial charge in [0.1, 0.15) is 5.60 Å². The van der Waals surface area contributed by atoms with Gasteiger partial charge in [0.05, 0.1) is 5.92 Å². The van der Waals surface area contributed by atoms with E-state index in [9.17, 15) is 9.59 Å². The van der Waals surface area contributed by atoms with E-state index in [-0.39, 0.29) is 24.0 Å². The monoisotopic (exact) mass is 344 g/mol. The molecule has 5 nitrogen and oxygen atoms in total. The van der Waals surface area contributed by atoms with Crippen LogP contribution in [-0.2, 0) is 16.0 Å². The second-order valence-electron chi connectivity index (χ2n) is 8.16. The number of para-hydroxylation sites is 1. The molecule has 3 rings (SSSR count). The standard InChI is InChI=1S/C20H28N2O3/c1-14-12-15-8-5-6-10-17(15)22(14)18(23)16-9-7-11-21(13-16)19(24)25-20(2,3)4/h5-6,8,10,14,16H,7,9,11-13H2,1-4H3/t14-,16+/m1/s1. The minimum atomic E-state index is -0.517. The zero-order chi connectivity index (χ0) is 18.2. The molecule has 136 valence electrons. The quantitative estimate of drug-likeness (QED) is 0.782. The highest BCUT2D eigenvalue weighted by atomic mass is 16.6. The number of benzene rings is 1. The number of nitrogens with zero attached hydrogens (tertiary/aromatic N) is 2. The Morgan fingerprint density at radius 1 is 1.20 bits per heavy atom. The minimum Gasteiger partial charge on any atom is -0.444 e. The molecule has 0 spiro atoms. The molecule has 0 aliphatic carbocycles. The molecule has 5 heteroatoms. The van der Waals surface area contributed by atoms with Gasteiger partial charge < -0.3 is 14.5 Å². The Bertz CT molecular complexity index is 665. The number of hydrogen-bond donors (Lipinski definition) is 0. The first-order valence-corrected chi connectivity index (χ1v) is 9.15. The highest BCUT2D eigenvalue weighted by Gasteiger charge is 2.37. The molecule has 1 saturated heterocycles. The predicted octanol–water partition coefficient (Wildman–Crippen LogP) is 3.61. The lowest BCUT2D eigenvalue weighted by Gasteiger charge is -2.36. The topological polar surface area (TPSA) is 49.9 Å². The van der Waals surface area contributed by atoms with Crippen LogP contribution in [0.1, 0.15) is 46.1 Å². The highest BCUT2D eigenvalue weighted by molar-refractivity contribution is 5.98. The maximum absolute atomic E-state index is 13.2. The van der Waals surface area contributed by atoms with Gasteiger partial charge in [0.15, 0.2) is 0 Å². The van der Waals surface area contributed by atoms with Crippen molar-refractivity contribution >= 4 is 17.7 Å². The van der Waals surface area contributed by atoms with Crippen LogP contribution in [0.25, 0.3) is 0 Å². The van der Waals surface area contributed by atoms with Crippen molar-refractivity contribution in [2.75, 3.05) is 18.0 Å². The molecule has 1 aromatic rings. The van der Waals surface area contributed by atoms with E-state index in [2.05, 4.69) is 13.0 Å². The fourth-order valence-electron chi connectivity index (χ4n) is 3.77. The molecule has 0 bridgehead atoms. The molecule has 0 N–H and O–H groups in total. The summed E-state index contributed by atoms with van der Waals surface area (Å²) >= 11 is 0. The Morgan fingerprint density at radius 3 is 2.64 bits per heavy atom. The van der Waals surface area contributed by atoms with Crippen LogP contribution in [0.3, 0.4) is 0 Å². The minimum absolute atomic E-state index is 0.130. The number of rotatable bonds is 1. The predicted molar refractivity (Wildman–Crippen MR) is 97.6 cm³/mol. The van der Waals surface area contributed by atoms with Gasteiger partial charge in [-0.3, -0.25) is 4.79 Å². The third kappa shape index (κ3) is 3.80. The first kappa shape index (κ1) is 17.8. The van der Waals surface area contributed by atoms with E-state index in [0.29, 0.717) is 13.1 Å². The zero-order valence-electron chi connectivity index (χ0n) is 15.6. The SMILES string of the molecule is C[C@@H]1Cc2ccccc2N1C(=O)[C@H]1CCCN(C(=O)OC(C)(C)C)C1. The van der Waals surface area contributed by atoms with Crippen LogP contribution in [0, 0.1) is 5.92 Å². The normalized spacial score (nSPS) is 23.4. The Hall–Kier alpha value is -2.04. The highest BCUT2D eigenvalue weighted by Crippen LogP contribution is 2.34. The first-order chi connectivity index (χ1) is 11.8. The number of hydrogen-bond acceptors (Lipinski definition) is 3. The summed E-state index contributed by atoms with van der Waals surface area (Å²) in [4.78, 5) is 29.1. The molecule has 2 aliphatic heterocycles. The maximum atomic E-state index is 13.2. The van der Waals surface area contributed by atoms with E-state index in [1.54, 1.807) is 4.90 Å². The smallest absolute Gasteiger partial charge is 0.410 e. The van der Waals surface area contributed by atoms with Crippen molar-refractivity contribution in [3.05, 3.63) is 29.8 Å². The molecular weight excluding hydrogens is 316 g/mol. The summed E-state index contributed by atoms with van der Waals surface area (Å²) in [5.41, 5.74) is 1.73. The fraction of sp³-hybridized carbons (Fsp3) is 0.600. The van der Waals surface area contributed by atoms with Crippen LogP contribution >= 0.6 is 0 Å². The van der Waals surface area contributed by atoms with Gasteiger partial charge in [-0.2, -0.15) is 0 Å². The summed E-state index contributed by atoms with van der Waals surface area (Å²) < 4.78 is 5.47. The van der Waals surface area contributed by atoms with Gasteiger partial charge >= 0.3 is 6.09 Å². The second kappa shape index (κ2) is 6.70. The van der Waals surface area contributed by atoms with Crippen molar-refractivity contribution in [1.82, 2.24) is 4.90 Å². The first-order valence-electron chi connectivity index (χ1n) is 9.15. The van der Waals surface area contributed by atoms with Gasteiger partial charge in [0, 0.05) is 24.8 Å². The van der Waals surface area contributed by atoms with Crippen molar-refractivity contribution in [2.45, 2.75) is 58.6 Å². The van der Waals surface area contributed by atoms with Crippen LogP contribution in [0.4, 0.5) is 10.5 Å².